The third kappa shape index (κ3) is 3.82. The summed E-state index contributed by atoms with van der Waals surface area (Å²) in [4.78, 5) is 16.9. The molecule has 1 N–H and O–H groups in total. The highest BCUT2D eigenvalue weighted by Crippen LogP contribution is 2.27. The molecule has 3 rings (SSSR count). The normalized spacial score (nSPS) is 11.0. The first-order valence-electron chi connectivity index (χ1n) is 8.10. The summed E-state index contributed by atoms with van der Waals surface area (Å²) in [6, 6.07) is 6.43. The molecule has 0 saturated heterocycles. The van der Waals surface area contributed by atoms with E-state index in [9.17, 15) is 4.79 Å². The van der Waals surface area contributed by atoms with Crippen molar-refractivity contribution in [1.82, 2.24) is 15.3 Å². The summed E-state index contributed by atoms with van der Waals surface area (Å²) in [6.45, 7) is 8.01. The van der Waals surface area contributed by atoms with Gasteiger partial charge in [-0.2, -0.15) is 0 Å². The monoisotopic (exact) mass is 356 g/mol. The van der Waals surface area contributed by atoms with E-state index in [-0.39, 0.29) is 11.7 Å². The van der Waals surface area contributed by atoms with Crippen LogP contribution in [0, 0.1) is 20.8 Å². The lowest BCUT2D eigenvalue weighted by atomic mass is 10.0. The lowest BCUT2D eigenvalue weighted by molar-refractivity contribution is -0.113. The van der Waals surface area contributed by atoms with Gasteiger partial charge in [0.1, 0.15) is 10.7 Å². The fourth-order valence-electron chi connectivity index (χ4n) is 2.49. The lowest BCUT2D eigenvalue weighted by Crippen LogP contribution is -2.15. The predicted octanol–water partition coefficient (Wildman–Crippen LogP) is 3.84. The van der Waals surface area contributed by atoms with Crippen molar-refractivity contribution in [2.45, 2.75) is 39.1 Å². The molecule has 0 bridgehead atoms. The molecule has 130 valence electrons. The number of pyridine rings is 1. The Kier molecular flexibility index (Phi) is 5.03. The molecule has 2 aromatic heterocycles. The Balaban J connectivity index is 1.79. The van der Waals surface area contributed by atoms with Crippen molar-refractivity contribution in [2.75, 3.05) is 11.1 Å². The maximum Gasteiger partial charge on any atom is 0.236 e. The molecule has 0 aliphatic carbocycles. The lowest BCUT2D eigenvalue weighted by Gasteiger charge is -2.10. The zero-order chi connectivity index (χ0) is 18.0. The second kappa shape index (κ2) is 7.23. The van der Waals surface area contributed by atoms with Gasteiger partial charge in [0, 0.05) is 5.39 Å². The summed E-state index contributed by atoms with van der Waals surface area (Å²) in [6.07, 6.45) is 0.867. The van der Waals surface area contributed by atoms with Crippen LogP contribution < -0.4 is 5.32 Å². The molecule has 0 aliphatic rings. The summed E-state index contributed by atoms with van der Waals surface area (Å²) >= 11 is 1.43. The first kappa shape index (κ1) is 17.4. The molecule has 0 spiro atoms. The first-order chi connectivity index (χ1) is 12.0. The molecule has 7 heteroatoms. The third-order valence-electron chi connectivity index (χ3n) is 4.10. The van der Waals surface area contributed by atoms with Crippen LogP contribution in [0.1, 0.15) is 29.3 Å². The third-order valence-corrected chi connectivity index (χ3v) is 5.13. The van der Waals surface area contributed by atoms with Crippen LogP contribution in [0.15, 0.2) is 27.9 Å². The minimum atomic E-state index is -0.159. The van der Waals surface area contributed by atoms with Crippen LogP contribution in [0.4, 0.5) is 5.82 Å². The molecule has 1 aromatic carbocycles. The molecule has 1 amide bonds. The van der Waals surface area contributed by atoms with Crippen LogP contribution in [0.2, 0.25) is 0 Å². The van der Waals surface area contributed by atoms with Crippen molar-refractivity contribution in [2.24, 2.45) is 0 Å². The Hall–Kier alpha value is -2.41. The zero-order valence-corrected chi connectivity index (χ0v) is 15.5. The SMILES string of the molecule is CCc1cc2cc(C)c(C)cc2nc1SCC(=O)Nc1nonc1C. The summed E-state index contributed by atoms with van der Waals surface area (Å²) < 4.78 is 4.58. The Morgan fingerprint density at radius 1 is 1.16 bits per heavy atom. The number of amides is 1. The van der Waals surface area contributed by atoms with E-state index in [1.54, 1.807) is 6.92 Å². The minimum absolute atomic E-state index is 0.159. The number of thioether (sulfide) groups is 1. The van der Waals surface area contributed by atoms with E-state index in [0.29, 0.717) is 11.5 Å². The number of hydrogen-bond acceptors (Lipinski definition) is 6. The van der Waals surface area contributed by atoms with Crippen molar-refractivity contribution in [3.63, 3.8) is 0 Å². The van der Waals surface area contributed by atoms with Gasteiger partial charge in [-0.1, -0.05) is 23.8 Å². The molecule has 0 saturated carbocycles. The standard InChI is InChI=1S/C18H20N4O2S/c1-5-13-8-14-6-10(2)11(3)7-15(14)19-18(13)25-9-16(23)20-17-12(4)21-24-22-17/h6-8H,5,9H2,1-4H3,(H,20,22,23). The van der Waals surface area contributed by atoms with E-state index >= 15 is 0 Å². The first-order valence-corrected chi connectivity index (χ1v) is 9.09. The number of benzene rings is 1. The summed E-state index contributed by atoms with van der Waals surface area (Å²) in [5, 5.41) is 12.0. The van der Waals surface area contributed by atoms with Crippen LogP contribution in [0.5, 0.6) is 0 Å². The number of anilines is 1. The van der Waals surface area contributed by atoms with Gasteiger partial charge in [0.15, 0.2) is 5.82 Å². The number of aryl methyl sites for hydroxylation is 4. The Morgan fingerprint density at radius 2 is 1.92 bits per heavy atom. The highest BCUT2D eigenvalue weighted by atomic mass is 32.2. The fraction of sp³-hybridized carbons (Fsp3) is 0.333. The van der Waals surface area contributed by atoms with Gasteiger partial charge in [-0.25, -0.2) is 9.61 Å². The van der Waals surface area contributed by atoms with E-state index < -0.39 is 0 Å². The molecule has 0 radical (unpaired) electrons. The number of nitrogens with one attached hydrogen (secondary N) is 1. The number of fused-ring (bicyclic) bond motifs is 1. The second-order valence-corrected chi connectivity index (χ2v) is 6.93. The number of rotatable bonds is 5. The van der Waals surface area contributed by atoms with E-state index in [2.05, 4.69) is 59.2 Å². The molecular weight excluding hydrogens is 336 g/mol. The van der Waals surface area contributed by atoms with Crippen LogP contribution in [0.3, 0.4) is 0 Å². The highest BCUT2D eigenvalue weighted by molar-refractivity contribution is 8.00. The Labute approximate surface area is 150 Å². The van der Waals surface area contributed by atoms with Crippen molar-refractivity contribution in [1.29, 1.82) is 0 Å². The fourth-order valence-corrected chi connectivity index (χ4v) is 3.38. The van der Waals surface area contributed by atoms with Gasteiger partial charge in [-0.05, 0) is 67.2 Å². The molecule has 3 aromatic rings. The molecule has 2 heterocycles. The summed E-state index contributed by atoms with van der Waals surface area (Å²) in [5.41, 5.74) is 5.13. The zero-order valence-electron chi connectivity index (χ0n) is 14.7. The molecule has 0 aliphatic heterocycles. The van der Waals surface area contributed by atoms with Crippen molar-refractivity contribution in [3.05, 3.63) is 40.6 Å². The molecular formula is C18H20N4O2S. The molecule has 0 fully saturated rings. The van der Waals surface area contributed by atoms with Crippen LogP contribution in [-0.2, 0) is 11.2 Å². The van der Waals surface area contributed by atoms with Crippen molar-refractivity contribution >= 4 is 34.4 Å². The summed E-state index contributed by atoms with van der Waals surface area (Å²) in [5.74, 6) is 0.453. The Morgan fingerprint density at radius 3 is 2.60 bits per heavy atom. The smallest absolute Gasteiger partial charge is 0.236 e. The van der Waals surface area contributed by atoms with Crippen LogP contribution in [-0.4, -0.2) is 27.0 Å². The number of aromatic nitrogens is 3. The number of carbonyl (C=O) groups excluding carboxylic acids is 1. The molecule has 6 nitrogen and oxygen atoms in total. The van der Waals surface area contributed by atoms with Gasteiger partial charge in [0.2, 0.25) is 5.91 Å². The maximum atomic E-state index is 12.1. The second-order valence-electron chi connectivity index (χ2n) is 5.97. The van der Waals surface area contributed by atoms with E-state index in [1.807, 2.05) is 0 Å². The van der Waals surface area contributed by atoms with E-state index in [4.69, 9.17) is 4.98 Å². The number of hydrogen-bond donors (Lipinski definition) is 1. The van der Waals surface area contributed by atoms with Crippen molar-refractivity contribution in [3.8, 4) is 0 Å². The van der Waals surface area contributed by atoms with Crippen LogP contribution >= 0.6 is 11.8 Å². The minimum Gasteiger partial charge on any atom is -0.306 e. The predicted molar refractivity (Wildman–Crippen MR) is 99.0 cm³/mol. The largest absolute Gasteiger partial charge is 0.306 e. The average molecular weight is 356 g/mol. The quantitative estimate of drug-likeness (QED) is 0.700. The van der Waals surface area contributed by atoms with E-state index in [1.165, 1.54) is 22.9 Å². The van der Waals surface area contributed by atoms with Crippen molar-refractivity contribution < 1.29 is 9.42 Å². The number of carbonyl (C=O) groups is 1. The van der Waals surface area contributed by atoms with E-state index in [0.717, 1.165) is 27.9 Å². The molecule has 25 heavy (non-hydrogen) atoms. The van der Waals surface area contributed by atoms with Gasteiger partial charge in [0.05, 0.1) is 11.3 Å². The summed E-state index contributed by atoms with van der Waals surface area (Å²) in [7, 11) is 0. The van der Waals surface area contributed by atoms with Gasteiger partial charge >= 0.3 is 0 Å². The highest BCUT2D eigenvalue weighted by Gasteiger charge is 2.13. The van der Waals surface area contributed by atoms with Gasteiger partial charge in [-0.3, -0.25) is 4.79 Å². The number of nitrogens with zero attached hydrogens (tertiary/aromatic N) is 3. The molecule has 0 unspecified atom stereocenters. The topological polar surface area (TPSA) is 80.9 Å². The van der Waals surface area contributed by atoms with Gasteiger partial charge < -0.3 is 5.32 Å². The van der Waals surface area contributed by atoms with Gasteiger partial charge in [0.25, 0.3) is 0 Å². The van der Waals surface area contributed by atoms with Gasteiger partial charge in [-0.15, -0.1) is 0 Å². The maximum absolute atomic E-state index is 12.1. The average Bonchev–Trinajstić information content (AvgIpc) is 2.98. The van der Waals surface area contributed by atoms with Crippen LogP contribution in [0.25, 0.3) is 10.9 Å². The molecule has 0 atom stereocenters. The Bertz CT molecular complexity index is 936.